The number of aromatic nitrogens is 1. The van der Waals surface area contributed by atoms with Gasteiger partial charge in [-0.3, -0.25) is 4.79 Å². The third-order valence-electron chi connectivity index (χ3n) is 2.79. The monoisotopic (exact) mass is 262 g/mol. The Labute approximate surface area is 109 Å². The number of carboxylic acid groups (broad SMARTS) is 1. The SMILES string of the molecule is Cc1cc(Nc2nccs2)ccc1C(C)C(=O)O. The Morgan fingerprint density at radius 1 is 1.50 bits per heavy atom. The molecule has 18 heavy (non-hydrogen) atoms. The molecule has 0 spiro atoms. The van der Waals surface area contributed by atoms with E-state index in [2.05, 4.69) is 10.3 Å². The van der Waals surface area contributed by atoms with Gasteiger partial charge in [-0.25, -0.2) is 4.98 Å². The minimum Gasteiger partial charge on any atom is -0.481 e. The van der Waals surface area contributed by atoms with Gasteiger partial charge >= 0.3 is 5.97 Å². The first-order valence-electron chi connectivity index (χ1n) is 5.58. The molecule has 0 aliphatic heterocycles. The van der Waals surface area contributed by atoms with Crippen LogP contribution in [0, 0.1) is 6.92 Å². The molecule has 5 heteroatoms. The van der Waals surface area contributed by atoms with Crippen molar-refractivity contribution >= 4 is 28.1 Å². The van der Waals surface area contributed by atoms with Gasteiger partial charge in [0.2, 0.25) is 0 Å². The smallest absolute Gasteiger partial charge is 0.310 e. The second kappa shape index (κ2) is 5.18. The van der Waals surface area contributed by atoms with Crippen LogP contribution in [0.5, 0.6) is 0 Å². The van der Waals surface area contributed by atoms with E-state index in [0.717, 1.165) is 21.9 Å². The molecule has 94 valence electrons. The molecular weight excluding hydrogens is 248 g/mol. The van der Waals surface area contributed by atoms with E-state index in [9.17, 15) is 4.79 Å². The van der Waals surface area contributed by atoms with Crippen molar-refractivity contribution in [3.8, 4) is 0 Å². The zero-order chi connectivity index (χ0) is 13.1. The lowest BCUT2D eigenvalue weighted by Crippen LogP contribution is -2.09. The van der Waals surface area contributed by atoms with E-state index in [1.165, 1.54) is 11.3 Å². The van der Waals surface area contributed by atoms with Gasteiger partial charge in [0.1, 0.15) is 0 Å². The first-order chi connectivity index (χ1) is 8.58. The fourth-order valence-electron chi connectivity index (χ4n) is 1.78. The molecule has 2 aromatic rings. The molecule has 0 fully saturated rings. The molecule has 1 aromatic carbocycles. The predicted octanol–water partition coefficient (Wildman–Crippen LogP) is 3.38. The summed E-state index contributed by atoms with van der Waals surface area (Å²) in [4.78, 5) is 15.1. The largest absolute Gasteiger partial charge is 0.481 e. The summed E-state index contributed by atoms with van der Waals surface area (Å²) < 4.78 is 0. The number of benzene rings is 1. The maximum absolute atomic E-state index is 11.0. The van der Waals surface area contributed by atoms with Gasteiger partial charge in [0.25, 0.3) is 0 Å². The topological polar surface area (TPSA) is 62.2 Å². The quantitative estimate of drug-likeness (QED) is 0.886. The number of hydrogen-bond donors (Lipinski definition) is 2. The second-order valence-corrected chi connectivity index (χ2v) is 4.99. The molecule has 4 nitrogen and oxygen atoms in total. The normalized spacial score (nSPS) is 12.1. The van der Waals surface area contributed by atoms with Crippen molar-refractivity contribution in [1.82, 2.24) is 4.98 Å². The first-order valence-corrected chi connectivity index (χ1v) is 6.46. The van der Waals surface area contributed by atoms with Crippen LogP contribution in [0.15, 0.2) is 29.8 Å². The average Bonchev–Trinajstić information content (AvgIpc) is 2.81. The van der Waals surface area contributed by atoms with E-state index >= 15 is 0 Å². The van der Waals surface area contributed by atoms with E-state index in [0.29, 0.717) is 0 Å². The van der Waals surface area contributed by atoms with Crippen LogP contribution in [0.4, 0.5) is 10.8 Å². The van der Waals surface area contributed by atoms with E-state index in [1.54, 1.807) is 13.1 Å². The Kier molecular flexibility index (Phi) is 3.62. The van der Waals surface area contributed by atoms with Crippen molar-refractivity contribution in [3.63, 3.8) is 0 Å². The number of rotatable bonds is 4. The lowest BCUT2D eigenvalue weighted by atomic mass is 9.96. The highest BCUT2D eigenvalue weighted by Crippen LogP contribution is 2.25. The maximum Gasteiger partial charge on any atom is 0.310 e. The van der Waals surface area contributed by atoms with Crippen LogP contribution < -0.4 is 5.32 Å². The van der Waals surface area contributed by atoms with Crippen molar-refractivity contribution in [1.29, 1.82) is 0 Å². The van der Waals surface area contributed by atoms with Gasteiger partial charge in [-0.15, -0.1) is 11.3 Å². The van der Waals surface area contributed by atoms with Gasteiger partial charge < -0.3 is 10.4 Å². The number of anilines is 2. The maximum atomic E-state index is 11.0. The van der Waals surface area contributed by atoms with Gasteiger partial charge in [0.05, 0.1) is 5.92 Å². The van der Waals surface area contributed by atoms with E-state index in [4.69, 9.17) is 5.11 Å². The number of carboxylic acids is 1. The molecule has 0 saturated carbocycles. The van der Waals surface area contributed by atoms with E-state index < -0.39 is 11.9 Å². The van der Waals surface area contributed by atoms with Gasteiger partial charge in [-0.2, -0.15) is 0 Å². The number of aliphatic carboxylic acids is 1. The highest BCUT2D eigenvalue weighted by Gasteiger charge is 2.15. The second-order valence-electron chi connectivity index (χ2n) is 4.09. The molecule has 0 aliphatic carbocycles. The third-order valence-corrected chi connectivity index (χ3v) is 3.48. The highest BCUT2D eigenvalue weighted by molar-refractivity contribution is 7.13. The van der Waals surface area contributed by atoms with Crippen LogP contribution in [0.3, 0.4) is 0 Å². The van der Waals surface area contributed by atoms with E-state index in [-0.39, 0.29) is 0 Å². The zero-order valence-corrected chi connectivity index (χ0v) is 11.0. The summed E-state index contributed by atoms with van der Waals surface area (Å²) in [5.74, 6) is -1.29. The molecule has 1 unspecified atom stereocenters. The molecule has 0 amide bonds. The van der Waals surface area contributed by atoms with Crippen LogP contribution in [-0.2, 0) is 4.79 Å². The Morgan fingerprint density at radius 3 is 2.83 bits per heavy atom. The Bertz CT molecular complexity index is 552. The van der Waals surface area contributed by atoms with Crippen molar-refractivity contribution in [2.45, 2.75) is 19.8 Å². The summed E-state index contributed by atoms with van der Waals surface area (Å²) in [5.41, 5.74) is 2.72. The van der Waals surface area contributed by atoms with Crippen LogP contribution in [-0.4, -0.2) is 16.1 Å². The fourth-order valence-corrected chi connectivity index (χ4v) is 2.33. The van der Waals surface area contributed by atoms with Crippen molar-refractivity contribution in [2.24, 2.45) is 0 Å². The summed E-state index contributed by atoms with van der Waals surface area (Å²) in [7, 11) is 0. The summed E-state index contributed by atoms with van der Waals surface area (Å²) in [6.45, 7) is 3.61. The van der Waals surface area contributed by atoms with Crippen LogP contribution in [0.2, 0.25) is 0 Å². The molecular formula is C13H14N2O2S. The van der Waals surface area contributed by atoms with Crippen molar-refractivity contribution < 1.29 is 9.90 Å². The molecule has 1 atom stereocenters. The van der Waals surface area contributed by atoms with Gasteiger partial charge in [0.15, 0.2) is 5.13 Å². The number of hydrogen-bond acceptors (Lipinski definition) is 4. The predicted molar refractivity (Wildman–Crippen MR) is 72.6 cm³/mol. The standard InChI is InChI=1S/C13H14N2O2S/c1-8-7-10(15-13-14-5-6-18-13)3-4-11(8)9(2)12(16)17/h3-7,9H,1-2H3,(H,14,15)(H,16,17). The van der Waals surface area contributed by atoms with Gasteiger partial charge in [0, 0.05) is 17.3 Å². The fraction of sp³-hybridized carbons (Fsp3) is 0.231. The van der Waals surface area contributed by atoms with Crippen LogP contribution >= 0.6 is 11.3 Å². The number of carbonyl (C=O) groups is 1. The molecule has 1 aromatic heterocycles. The number of nitrogens with one attached hydrogen (secondary N) is 1. The first kappa shape index (κ1) is 12.6. The lowest BCUT2D eigenvalue weighted by molar-refractivity contribution is -0.138. The van der Waals surface area contributed by atoms with Crippen LogP contribution in [0.1, 0.15) is 24.0 Å². The summed E-state index contributed by atoms with van der Waals surface area (Å²) in [6.07, 6.45) is 1.74. The molecule has 0 aliphatic rings. The molecule has 0 bridgehead atoms. The summed E-state index contributed by atoms with van der Waals surface area (Å²) in [5, 5.41) is 14.9. The third kappa shape index (κ3) is 2.68. The molecule has 0 radical (unpaired) electrons. The molecule has 0 saturated heterocycles. The molecule has 2 N–H and O–H groups in total. The molecule has 2 rings (SSSR count). The minimum atomic E-state index is -0.807. The summed E-state index contributed by atoms with van der Waals surface area (Å²) >= 11 is 1.52. The minimum absolute atomic E-state index is 0.487. The lowest BCUT2D eigenvalue weighted by Gasteiger charge is -2.12. The number of thiazole rings is 1. The van der Waals surface area contributed by atoms with Crippen LogP contribution in [0.25, 0.3) is 0 Å². The number of aryl methyl sites for hydroxylation is 1. The Morgan fingerprint density at radius 2 is 2.28 bits per heavy atom. The summed E-state index contributed by atoms with van der Waals surface area (Å²) in [6, 6.07) is 5.67. The number of nitrogens with zero attached hydrogens (tertiary/aromatic N) is 1. The van der Waals surface area contributed by atoms with E-state index in [1.807, 2.05) is 30.5 Å². The highest BCUT2D eigenvalue weighted by atomic mass is 32.1. The van der Waals surface area contributed by atoms with Gasteiger partial charge in [-0.05, 0) is 37.1 Å². The van der Waals surface area contributed by atoms with Gasteiger partial charge in [-0.1, -0.05) is 6.07 Å². The zero-order valence-electron chi connectivity index (χ0n) is 10.2. The Balaban J connectivity index is 2.22. The average molecular weight is 262 g/mol. The van der Waals surface area contributed by atoms with Crippen molar-refractivity contribution in [3.05, 3.63) is 40.9 Å². The molecule has 1 heterocycles. The van der Waals surface area contributed by atoms with Crippen molar-refractivity contribution in [2.75, 3.05) is 5.32 Å². The Hall–Kier alpha value is -1.88.